The zero-order valence-electron chi connectivity index (χ0n) is 15.0. The van der Waals surface area contributed by atoms with Gasteiger partial charge in [-0.25, -0.2) is 9.97 Å². The van der Waals surface area contributed by atoms with E-state index in [1.165, 1.54) is 5.56 Å². The Balaban J connectivity index is 1.62. The number of hydrogen-bond donors (Lipinski definition) is 1. The van der Waals surface area contributed by atoms with Crippen LogP contribution in [0.25, 0.3) is 0 Å². The van der Waals surface area contributed by atoms with Crippen LogP contribution in [0.5, 0.6) is 0 Å². The molecule has 0 radical (unpaired) electrons. The number of hydrogen-bond acceptors (Lipinski definition) is 4. The summed E-state index contributed by atoms with van der Waals surface area (Å²) in [5.41, 5.74) is 2.56. The molecule has 132 valence electrons. The minimum absolute atomic E-state index is 0.115. The van der Waals surface area contributed by atoms with E-state index in [0.717, 1.165) is 43.9 Å². The summed E-state index contributed by atoms with van der Waals surface area (Å²) in [5, 5.41) is 2.97. The Kier molecular flexibility index (Phi) is 5.76. The Morgan fingerprint density at radius 1 is 1.20 bits per heavy atom. The lowest BCUT2D eigenvalue weighted by Gasteiger charge is -2.28. The first kappa shape index (κ1) is 17.5. The third-order valence-electron chi connectivity index (χ3n) is 4.73. The molecule has 1 N–H and O–H groups in total. The first-order chi connectivity index (χ1) is 12.1. The highest BCUT2D eigenvalue weighted by molar-refractivity contribution is 5.92. The number of benzene rings is 1. The largest absolute Gasteiger partial charge is 0.350 e. The van der Waals surface area contributed by atoms with Gasteiger partial charge in [-0.3, -0.25) is 4.79 Å². The molecule has 0 atom stereocenters. The molecule has 1 aromatic carbocycles. The molecule has 1 saturated heterocycles. The normalized spacial score (nSPS) is 15.9. The quantitative estimate of drug-likeness (QED) is 0.910. The summed E-state index contributed by atoms with van der Waals surface area (Å²) in [6, 6.07) is 11.9. The standard InChI is InChI=1S/C20H26N4O/c1-15-14-18(20(25)21-11-8-16-6-4-3-5-7-16)23-19(22-15)17-9-12-24(2)13-10-17/h3-7,14,17H,8-13H2,1-2H3,(H,21,25). The molecule has 2 aromatic rings. The first-order valence-electron chi connectivity index (χ1n) is 8.98. The predicted octanol–water partition coefficient (Wildman–Crippen LogP) is 2.57. The lowest BCUT2D eigenvalue weighted by atomic mass is 9.96. The fourth-order valence-corrected chi connectivity index (χ4v) is 3.21. The van der Waals surface area contributed by atoms with E-state index < -0.39 is 0 Å². The Bertz CT molecular complexity index is 709. The number of carbonyl (C=O) groups excluding carboxylic acids is 1. The smallest absolute Gasteiger partial charge is 0.270 e. The third-order valence-corrected chi connectivity index (χ3v) is 4.73. The van der Waals surface area contributed by atoms with Crippen LogP contribution in [0, 0.1) is 6.92 Å². The number of likely N-dealkylation sites (tertiary alicyclic amines) is 1. The molecule has 1 amide bonds. The van der Waals surface area contributed by atoms with Crippen LogP contribution in [0.15, 0.2) is 36.4 Å². The zero-order valence-corrected chi connectivity index (χ0v) is 15.0. The van der Waals surface area contributed by atoms with Gasteiger partial charge in [0.25, 0.3) is 5.91 Å². The number of piperidine rings is 1. The highest BCUT2D eigenvalue weighted by Gasteiger charge is 2.22. The Morgan fingerprint density at radius 3 is 2.64 bits per heavy atom. The van der Waals surface area contributed by atoms with Gasteiger partial charge in [-0.15, -0.1) is 0 Å². The van der Waals surface area contributed by atoms with Crippen molar-refractivity contribution in [1.82, 2.24) is 20.2 Å². The van der Waals surface area contributed by atoms with Crippen LogP contribution in [0.3, 0.4) is 0 Å². The van der Waals surface area contributed by atoms with Gasteiger partial charge in [0.2, 0.25) is 0 Å². The van der Waals surface area contributed by atoms with Crippen molar-refractivity contribution in [2.24, 2.45) is 0 Å². The van der Waals surface area contributed by atoms with Crippen LogP contribution < -0.4 is 5.32 Å². The summed E-state index contributed by atoms with van der Waals surface area (Å²) in [5.74, 6) is 1.06. The van der Waals surface area contributed by atoms with Crippen LogP contribution in [0.2, 0.25) is 0 Å². The van der Waals surface area contributed by atoms with Gasteiger partial charge in [-0.2, -0.15) is 0 Å². The molecule has 1 aliphatic heterocycles. The second-order valence-corrected chi connectivity index (χ2v) is 6.82. The predicted molar refractivity (Wildman–Crippen MR) is 98.7 cm³/mol. The molecule has 3 rings (SSSR count). The number of rotatable bonds is 5. The van der Waals surface area contributed by atoms with Crippen molar-refractivity contribution in [3.8, 4) is 0 Å². The summed E-state index contributed by atoms with van der Waals surface area (Å²) in [4.78, 5) is 23.9. The molecule has 25 heavy (non-hydrogen) atoms. The Hall–Kier alpha value is -2.27. The molecule has 0 saturated carbocycles. The third kappa shape index (κ3) is 4.86. The summed E-state index contributed by atoms with van der Waals surface area (Å²) < 4.78 is 0. The van der Waals surface area contributed by atoms with E-state index in [4.69, 9.17) is 0 Å². The second-order valence-electron chi connectivity index (χ2n) is 6.82. The van der Waals surface area contributed by atoms with Gasteiger partial charge >= 0.3 is 0 Å². The van der Waals surface area contributed by atoms with Crippen molar-refractivity contribution in [2.75, 3.05) is 26.7 Å². The van der Waals surface area contributed by atoms with E-state index in [0.29, 0.717) is 18.2 Å². The fourth-order valence-electron chi connectivity index (χ4n) is 3.21. The van der Waals surface area contributed by atoms with Gasteiger partial charge in [0.1, 0.15) is 11.5 Å². The molecular weight excluding hydrogens is 312 g/mol. The molecule has 1 aliphatic rings. The number of nitrogens with one attached hydrogen (secondary N) is 1. The average Bonchev–Trinajstić information content (AvgIpc) is 2.62. The van der Waals surface area contributed by atoms with Crippen molar-refractivity contribution >= 4 is 5.91 Å². The molecule has 0 spiro atoms. The van der Waals surface area contributed by atoms with Crippen molar-refractivity contribution in [3.05, 3.63) is 59.2 Å². The van der Waals surface area contributed by atoms with Crippen LogP contribution in [0.1, 0.15) is 46.3 Å². The molecule has 1 aromatic heterocycles. The maximum absolute atomic E-state index is 12.5. The SMILES string of the molecule is Cc1cc(C(=O)NCCc2ccccc2)nc(C2CCN(C)CC2)n1. The minimum Gasteiger partial charge on any atom is -0.350 e. The lowest BCUT2D eigenvalue weighted by molar-refractivity contribution is 0.0948. The molecular formula is C20H26N4O. The zero-order chi connectivity index (χ0) is 17.6. The van der Waals surface area contributed by atoms with Crippen molar-refractivity contribution in [3.63, 3.8) is 0 Å². The van der Waals surface area contributed by atoms with Gasteiger partial charge in [0, 0.05) is 18.2 Å². The number of aromatic nitrogens is 2. The highest BCUT2D eigenvalue weighted by Crippen LogP contribution is 2.25. The molecule has 1 fully saturated rings. The van der Waals surface area contributed by atoms with Gasteiger partial charge in [-0.1, -0.05) is 30.3 Å². The molecule has 2 heterocycles. The van der Waals surface area contributed by atoms with Gasteiger partial charge in [0.15, 0.2) is 0 Å². The summed E-state index contributed by atoms with van der Waals surface area (Å²) in [6.07, 6.45) is 2.92. The summed E-state index contributed by atoms with van der Waals surface area (Å²) in [6.45, 7) is 4.65. The topological polar surface area (TPSA) is 58.1 Å². The lowest BCUT2D eigenvalue weighted by Crippen LogP contribution is -2.31. The Labute approximate surface area is 149 Å². The van der Waals surface area contributed by atoms with Crippen molar-refractivity contribution in [1.29, 1.82) is 0 Å². The van der Waals surface area contributed by atoms with Crippen LogP contribution in [-0.2, 0) is 6.42 Å². The van der Waals surface area contributed by atoms with Crippen LogP contribution in [-0.4, -0.2) is 47.5 Å². The highest BCUT2D eigenvalue weighted by atomic mass is 16.1. The number of amides is 1. The van der Waals surface area contributed by atoms with Crippen LogP contribution >= 0.6 is 0 Å². The van der Waals surface area contributed by atoms with Crippen molar-refractivity contribution in [2.45, 2.75) is 32.1 Å². The number of nitrogens with zero attached hydrogens (tertiary/aromatic N) is 3. The molecule has 0 unspecified atom stereocenters. The Morgan fingerprint density at radius 2 is 1.92 bits per heavy atom. The average molecular weight is 338 g/mol. The number of aryl methyl sites for hydroxylation is 1. The van der Waals surface area contributed by atoms with Gasteiger partial charge in [-0.05, 0) is 58.0 Å². The van der Waals surface area contributed by atoms with E-state index in [1.807, 2.05) is 25.1 Å². The molecule has 5 nitrogen and oxygen atoms in total. The number of carbonyl (C=O) groups is 1. The molecule has 0 bridgehead atoms. The molecule has 5 heteroatoms. The van der Waals surface area contributed by atoms with Gasteiger partial charge in [0.05, 0.1) is 0 Å². The van der Waals surface area contributed by atoms with E-state index >= 15 is 0 Å². The minimum atomic E-state index is -0.115. The first-order valence-corrected chi connectivity index (χ1v) is 8.98. The van der Waals surface area contributed by atoms with E-state index in [9.17, 15) is 4.79 Å². The monoisotopic (exact) mass is 338 g/mol. The molecule has 0 aliphatic carbocycles. The summed E-state index contributed by atoms with van der Waals surface area (Å²) >= 11 is 0. The van der Waals surface area contributed by atoms with Crippen LogP contribution in [0.4, 0.5) is 0 Å². The maximum atomic E-state index is 12.5. The maximum Gasteiger partial charge on any atom is 0.270 e. The van der Waals surface area contributed by atoms with E-state index in [1.54, 1.807) is 6.07 Å². The van der Waals surface area contributed by atoms with Gasteiger partial charge < -0.3 is 10.2 Å². The van der Waals surface area contributed by atoms with E-state index in [-0.39, 0.29) is 5.91 Å². The fraction of sp³-hybridized carbons (Fsp3) is 0.450. The summed E-state index contributed by atoms with van der Waals surface area (Å²) in [7, 11) is 2.14. The second kappa shape index (κ2) is 8.21. The van der Waals surface area contributed by atoms with Crippen molar-refractivity contribution < 1.29 is 4.79 Å². The van der Waals surface area contributed by atoms with E-state index in [2.05, 4.69) is 39.4 Å².